The van der Waals surface area contributed by atoms with Gasteiger partial charge in [-0.05, 0) is 19.8 Å². The Labute approximate surface area is 115 Å². The van der Waals surface area contributed by atoms with E-state index in [4.69, 9.17) is 4.52 Å². The number of nitro groups is 1. The lowest BCUT2D eigenvalue weighted by molar-refractivity contribution is -0.386. The van der Waals surface area contributed by atoms with Gasteiger partial charge in [0.25, 0.3) is 0 Å². The Morgan fingerprint density at radius 2 is 2.10 bits per heavy atom. The monoisotopic (exact) mass is 279 g/mol. The van der Waals surface area contributed by atoms with E-state index >= 15 is 0 Å². The largest absolute Gasteiger partial charge is 0.337 e. The van der Waals surface area contributed by atoms with E-state index in [1.54, 1.807) is 13.8 Å². The van der Waals surface area contributed by atoms with Gasteiger partial charge in [-0.2, -0.15) is 10.1 Å². The van der Waals surface area contributed by atoms with Crippen LogP contribution in [0.15, 0.2) is 4.52 Å². The van der Waals surface area contributed by atoms with Crippen molar-refractivity contribution in [2.75, 3.05) is 0 Å². The molecule has 0 aliphatic carbocycles. The first-order valence-corrected chi connectivity index (χ1v) is 6.38. The summed E-state index contributed by atoms with van der Waals surface area (Å²) in [6.45, 7) is 7.65. The quantitative estimate of drug-likeness (QED) is 0.613. The maximum absolute atomic E-state index is 10.9. The van der Waals surface area contributed by atoms with Crippen LogP contribution < -0.4 is 0 Å². The Morgan fingerprint density at radius 1 is 1.40 bits per heavy atom. The molecule has 0 aromatic carbocycles. The van der Waals surface area contributed by atoms with Crippen LogP contribution in [0.2, 0.25) is 0 Å². The second kappa shape index (κ2) is 5.40. The van der Waals surface area contributed by atoms with Crippen LogP contribution in [-0.4, -0.2) is 24.8 Å². The van der Waals surface area contributed by atoms with Crippen molar-refractivity contribution in [1.29, 1.82) is 0 Å². The standard InChI is InChI=1S/C12H17N5O3/c1-7(2)5-10-13-11(20-15-10)6-16-9(4)12(17(18)19)8(3)14-16/h7H,5-6H2,1-4H3. The molecule has 0 fully saturated rings. The molecule has 0 aliphatic heterocycles. The SMILES string of the molecule is Cc1nn(Cc2nc(CC(C)C)no2)c(C)c1[N+](=O)[O-]. The summed E-state index contributed by atoms with van der Waals surface area (Å²) in [6.07, 6.45) is 0.737. The van der Waals surface area contributed by atoms with Crippen LogP contribution in [0.1, 0.15) is 37.0 Å². The molecule has 0 amide bonds. The second-order valence-electron chi connectivity index (χ2n) is 5.14. The topological polar surface area (TPSA) is 99.9 Å². The van der Waals surface area contributed by atoms with Gasteiger partial charge in [0.1, 0.15) is 17.9 Å². The fourth-order valence-electron chi connectivity index (χ4n) is 2.04. The zero-order chi connectivity index (χ0) is 14.9. The van der Waals surface area contributed by atoms with Gasteiger partial charge in [0, 0.05) is 6.42 Å². The van der Waals surface area contributed by atoms with Crippen molar-refractivity contribution in [1.82, 2.24) is 19.9 Å². The molecule has 0 atom stereocenters. The lowest BCUT2D eigenvalue weighted by atomic mass is 10.1. The highest BCUT2D eigenvalue weighted by Crippen LogP contribution is 2.22. The van der Waals surface area contributed by atoms with E-state index in [0.717, 1.165) is 6.42 Å². The molecule has 0 radical (unpaired) electrons. The van der Waals surface area contributed by atoms with Crippen molar-refractivity contribution in [2.45, 2.75) is 40.7 Å². The van der Waals surface area contributed by atoms with E-state index in [1.807, 2.05) is 0 Å². The molecule has 2 aromatic rings. The highest BCUT2D eigenvalue weighted by molar-refractivity contribution is 5.39. The molecule has 0 unspecified atom stereocenters. The smallest absolute Gasteiger partial charge is 0.312 e. The molecule has 2 heterocycles. The molecule has 20 heavy (non-hydrogen) atoms. The zero-order valence-corrected chi connectivity index (χ0v) is 12.0. The van der Waals surface area contributed by atoms with Gasteiger partial charge < -0.3 is 4.52 Å². The van der Waals surface area contributed by atoms with Crippen LogP contribution in [0, 0.1) is 29.9 Å². The summed E-state index contributed by atoms with van der Waals surface area (Å²) in [5.74, 6) is 1.49. The Morgan fingerprint density at radius 3 is 2.65 bits per heavy atom. The van der Waals surface area contributed by atoms with Crippen LogP contribution in [0.4, 0.5) is 5.69 Å². The van der Waals surface area contributed by atoms with Crippen molar-refractivity contribution in [2.24, 2.45) is 5.92 Å². The summed E-state index contributed by atoms with van der Waals surface area (Å²) in [6, 6.07) is 0. The van der Waals surface area contributed by atoms with E-state index in [2.05, 4.69) is 29.1 Å². The molecule has 108 valence electrons. The highest BCUT2D eigenvalue weighted by atomic mass is 16.6. The molecular formula is C12H17N5O3. The molecule has 0 spiro atoms. The van der Waals surface area contributed by atoms with Crippen molar-refractivity contribution in [3.63, 3.8) is 0 Å². The Bertz CT molecular complexity index is 629. The van der Waals surface area contributed by atoms with Gasteiger partial charge >= 0.3 is 5.69 Å². The molecule has 0 aliphatic rings. The summed E-state index contributed by atoms with van der Waals surface area (Å²) >= 11 is 0. The summed E-state index contributed by atoms with van der Waals surface area (Å²) in [5.41, 5.74) is 0.900. The summed E-state index contributed by atoms with van der Waals surface area (Å²) in [4.78, 5) is 14.8. The third-order valence-corrected chi connectivity index (χ3v) is 2.91. The number of nitrogens with zero attached hydrogens (tertiary/aromatic N) is 5. The lowest BCUT2D eigenvalue weighted by Gasteiger charge is -1.98. The summed E-state index contributed by atoms with van der Waals surface area (Å²) < 4.78 is 6.66. The summed E-state index contributed by atoms with van der Waals surface area (Å²) in [5, 5.41) is 19.0. The Kier molecular flexibility index (Phi) is 3.82. The van der Waals surface area contributed by atoms with Gasteiger partial charge in [-0.3, -0.25) is 14.8 Å². The van der Waals surface area contributed by atoms with Gasteiger partial charge in [0.2, 0.25) is 5.89 Å². The second-order valence-corrected chi connectivity index (χ2v) is 5.14. The fourth-order valence-corrected chi connectivity index (χ4v) is 2.04. The van der Waals surface area contributed by atoms with E-state index in [1.165, 1.54) is 4.68 Å². The molecule has 2 aromatic heterocycles. The minimum atomic E-state index is -0.424. The molecule has 0 N–H and O–H groups in total. The van der Waals surface area contributed by atoms with Crippen LogP contribution in [0.5, 0.6) is 0 Å². The van der Waals surface area contributed by atoms with Crippen molar-refractivity contribution >= 4 is 5.69 Å². The van der Waals surface area contributed by atoms with Crippen LogP contribution >= 0.6 is 0 Å². The lowest BCUT2D eigenvalue weighted by Crippen LogP contribution is -2.05. The predicted molar refractivity (Wildman–Crippen MR) is 70.3 cm³/mol. The number of aromatic nitrogens is 4. The maximum atomic E-state index is 10.9. The normalized spacial score (nSPS) is 11.2. The first-order valence-electron chi connectivity index (χ1n) is 6.38. The van der Waals surface area contributed by atoms with Crippen LogP contribution in [0.25, 0.3) is 0 Å². The van der Waals surface area contributed by atoms with E-state index in [-0.39, 0.29) is 12.2 Å². The van der Waals surface area contributed by atoms with Crippen molar-refractivity contribution in [3.05, 3.63) is 33.2 Å². The first kappa shape index (κ1) is 14.2. The molecule has 8 nitrogen and oxygen atoms in total. The number of hydrogen-bond acceptors (Lipinski definition) is 6. The van der Waals surface area contributed by atoms with Gasteiger partial charge in [-0.1, -0.05) is 19.0 Å². The fraction of sp³-hybridized carbons (Fsp3) is 0.583. The highest BCUT2D eigenvalue weighted by Gasteiger charge is 2.22. The van der Waals surface area contributed by atoms with E-state index in [9.17, 15) is 10.1 Å². The van der Waals surface area contributed by atoms with E-state index in [0.29, 0.717) is 29.0 Å². The number of hydrogen-bond donors (Lipinski definition) is 0. The van der Waals surface area contributed by atoms with E-state index < -0.39 is 4.92 Å². The minimum absolute atomic E-state index is 0.0342. The molecule has 2 rings (SSSR count). The van der Waals surface area contributed by atoms with Gasteiger partial charge in [-0.15, -0.1) is 0 Å². The maximum Gasteiger partial charge on any atom is 0.312 e. The molecular weight excluding hydrogens is 262 g/mol. The number of aryl methyl sites for hydroxylation is 1. The molecule has 0 bridgehead atoms. The predicted octanol–water partition coefficient (Wildman–Crippen LogP) is 2.04. The van der Waals surface area contributed by atoms with Gasteiger partial charge in [-0.25, -0.2) is 0 Å². The summed E-state index contributed by atoms with van der Waals surface area (Å²) in [7, 11) is 0. The van der Waals surface area contributed by atoms with Gasteiger partial charge in [0.15, 0.2) is 5.82 Å². The van der Waals surface area contributed by atoms with Crippen LogP contribution in [0.3, 0.4) is 0 Å². The zero-order valence-electron chi connectivity index (χ0n) is 12.0. The Hall–Kier alpha value is -2.25. The number of rotatable bonds is 5. The molecule has 0 saturated carbocycles. The third kappa shape index (κ3) is 2.84. The van der Waals surface area contributed by atoms with Gasteiger partial charge in [0.05, 0.1) is 4.92 Å². The minimum Gasteiger partial charge on any atom is -0.337 e. The van der Waals surface area contributed by atoms with Crippen molar-refractivity contribution < 1.29 is 9.45 Å². The van der Waals surface area contributed by atoms with Crippen LogP contribution in [-0.2, 0) is 13.0 Å². The average Bonchev–Trinajstić information content (AvgIpc) is 2.84. The Balaban J connectivity index is 2.20. The molecule has 0 saturated heterocycles. The molecule has 8 heteroatoms. The third-order valence-electron chi connectivity index (χ3n) is 2.91. The van der Waals surface area contributed by atoms with Crippen molar-refractivity contribution in [3.8, 4) is 0 Å². The first-order chi connectivity index (χ1) is 9.38. The average molecular weight is 279 g/mol.